The van der Waals surface area contributed by atoms with Crippen molar-refractivity contribution >= 4 is 22.8 Å². The van der Waals surface area contributed by atoms with Crippen LogP contribution in [-0.4, -0.2) is 47.5 Å². The molecule has 1 saturated heterocycles. The van der Waals surface area contributed by atoms with E-state index in [4.69, 9.17) is 0 Å². The molecule has 25 heavy (non-hydrogen) atoms. The van der Waals surface area contributed by atoms with Crippen molar-refractivity contribution in [1.29, 1.82) is 0 Å². The molecule has 2 aromatic rings. The average molecular weight is 342 g/mol. The van der Waals surface area contributed by atoms with Gasteiger partial charge in [-0.05, 0) is 25.0 Å². The molecule has 0 N–H and O–H groups in total. The number of aromatic nitrogens is 2. The number of nitrogens with zero attached hydrogens (tertiary/aromatic N) is 4. The lowest BCUT2D eigenvalue weighted by atomic mass is 10.2. The van der Waals surface area contributed by atoms with Gasteiger partial charge in [0.15, 0.2) is 5.82 Å². The maximum Gasteiger partial charge on any atom is 0.293 e. The molecular formula is C19H26N4O2. The summed E-state index contributed by atoms with van der Waals surface area (Å²) in [5.41, 5.74) is 1.40. The molecule has 1 aromatic heterocycles. The smallest absolute Gasteiger partial charge is 0.293 e. The van der Waals surface area contributed by atoms with Gasteiger partial charge in [0.2, 0.25) is 5.91 Å². The summed E-state index contributed by atoms with van der Waals surface area (Å²) in [4.78, 5) is 33.5. The second kappa shape index (κ2) is 7.68. The number of para-hydroxylation sites is 2. The van der Waals surface area contributed by atoms with Crippen molar-refractivity contribution in [2.24, 2.45) is 0 Å². The van der Waals surface area contributed by atoms with Gasteiger partial charge in [-0.15, -0.1) is 0 Å². The highest BCUT2D eigenvalue weighted by Crippen LogP contribution is 2.15. The van der Waals surface area contributed by atoms with Crippen LogP contribution in [0.1, 0.15) is 32.1 Å². The van der Waals surface area contributed by atoms with Crippen LogP contribution >= 0.6 is 0 Å². The number of likely N-dealkylation sites (tertiary alicyclic amines) is 1. The predicted molar refractivity (Wildman–Crippen MR) is 100.0 cm³/mol. The number of carbonyl (C=O) groups is 1. The topological polar surface area (TPSA) is 58.4 Å². The summed E-state index contributed by atoms with van der Waals surface area (Å²) >= 11 is 0. The Balaban J connectivity index is 1.86. The first kappa shape index (κ1) is 17.5. The minimum Gasteiger partial charge on any atom is -0.358 e. The maximum atomic E-state index is 12.8. The molecule has 1 aliphatic rings. The van der Waals surface area contributed by atoms with E-state index in [1.165, 1.54) is 12.8 Å². The molecule has 0 unspecified atom stereocenters. The van der Waals surface area contributed by atoms with Gasteiger partial charge in [0, 0.05) is 40.2 Å². The van der Waals surface area contributed by atoms with Gasteiger partial charge in [0.1, 0.15) is 0 Å². The third-order valence-corrected chi connectivity index (χ3v) is 4.77. The van der Waals surface area contributed by atoms with Gasteiger partial charge in [0.25, 0.3) is 5.56 Å². The van der Waals surface area contributed by atoms with Crippen molar-refractivity contribution in [1.82, 2.24) is 14.5 Å². The monoisotopic (exact) mass is 342 g/mol. The number of hydrogen-bond acceptors (Lipinski definition) is 4. The van der Waals surface area contributed by atoms with E-state index in [9.17, 15) is 9.59 Å². The van der Waals surface area contributed by atoms with E-state index in [1.807, 2.05) is 43.3 Å². The summed E-state index contributed by atoms with van der Waals surface area (Å²) in [7, 11) is 3.62. The van der Waals surface area contributed by atoms with Crippen LogP contribution in [-0.2, 0) is 11.3 Å². The third-order valence-electron chi connectivity index (χ3n) is 4.77. The van der Waals surface area contributed by atoms with E-state index >= 15 is 0 Å². The Morgan fingerprint density at radius 2 is 1.80 bits per heavy atom. The highest BCUT2D eigenvalue weighted by molar-refractivity contribution is 5.78. The summed E-state index contributed by atoms with van der Waals surface area (Å²) < 4.78 is 1.69. The number of fused-ring (bicyclic) bond motifs is 1. The van der Waals surface area contributed by atoms with Crippen LogP contribution in [0.2, 0.25) is 0 Å². The average Bonchev–Trinajstić information content (AvgIpc) is 2.89. The van der Waals surface area contributed by atoms with Crippen molar-refractivity contribution in [3.63, 3.8) is 0 Å². The lowest BCUT2D eigenvalue weighted by molar-refractivity contribution is -0.131. The molecule has 3 rings (SSSR count). The molecule has 0 saturated carbocycles. The molecule has 134 valence electrons. The van der Waals surface area contributed by atoms with Crippen LogP contribution in [0, 0.1) is 0 Å². The van der Waals surface area contributed by atoms with Crippen molar-refractivity contribution < 1.29 is 4.79 Å². The molecule has 2 heterocycles. The summed E-state index contributed by atoms with van der Waals surface area (Å²) in [5, 5.41) is 0. The van der Waals surface area contributed by atoms with Crippen LogP contribution in [0.3, 0.4) is 0 Å². The number of aryl methyl sites for hydroxylation is 1. The van der Waals surface area contributed by atoms with Gasteiger partial charge < -0.3 is 14.4 Å². The van der Waals surface area contributed by atoms with Gasteiger partial charge in [-0.25, -0.2) is 4.98 Å². The number of amides is 1. The molecule has 1 fully saturated rings. The second-order valence-corrected chi connectivity index (χ2v) is 6.82. The second-order valence-electron chi connectivity index (χ2n) is 6.82. The quantitative estimate of drug-likeness (QED) is 0.855. The van der Waals surface area contributed by atoms with Crippen molar-refractivity contribution in [2.75, 3.05) is 32.1 Å². The zero-order valence-electron chi connectivity index (χ0n) is 15.1. The Morgan fingerprint density at radius 3 is 2.48 bits per heavy atom. The van der Waals surface area contributed by atoms with Gasteiger partial charge in [-0.1, -0.05) is 25.0 Å². The molecule has 1 aromatic carbocycles. The largest absolute Gasteiger partial charge is 0.358 e. The summed E-state index contributed by atoms with van der Waals surface area (Å²) in [6, 6.07) is 7.59. The molecule has 6 heteroatoms. The summed E-state index contributed by atoms with van der Waals surface area (Å²) in [6.07, 6.45) is 4.90. The SMILES string of the molecule is CN(C)c1nc2ccccc2n(CCC(=O)N2CCCCCC2)c1=O. The first-order valence-electron chi connectivity index (χ1n) is 9.02. The van der Waals surface area contributed by atoms with E-state index in [0.29, 0.717) is 18.8 Å². The van der Waals surface area contributed by atoms with Crippen LogP contribution in [0.5, 0.6) is 0 Å². The Hall–Kier alpha value is -2.37. The third kappa shape index (κ3) is 3.83. The first-order valence-corrected chi connectivity index (χ1v) is 9.02. The molecule has 1 amide bonds. The highest BCUT2D eigenvalue weighted by Gasteiger charge is 2.17. The molecule has 0 atom stereocenters. The molecule has 6 nitrogen and oxygen atoms in total. The van der Waals surface area contributed by atoms with Gasteiger partial charge in [0.05, 0.1) is 11.0 Å². The van der Waals surface area contributed by atoms with E-state index in [2.05, 4.69) is 4.98 Å². The number of rotatable bonds is 4. The van der Waals surface area contributed by atoms with Gasteiger partial charge >= 0.3 is 0 Å². The number of benzene rings is 1. The molecular weight excluding hydrogens is 316 g/mol. The molecule has 0 aliphatic carbocycles. The fourth-order valence-corrected chi connectivity index (χ4v) is 3.38. The lowest BCUT2D eigenvalue weighted by Crippen LogP contribution is -2.34. The van der Waals surface area contributed by atoms with E-state index in [0.717, 1.165) is 37.0 Å². The van der Waals surface area contributed by atoms with Crippen LogP contribution in [0.15, 0.2) is 29.1 Å². The van der Waals surface area contributed by atoms with E-state index in [1.54, 1.807) is 9.47 Å². The normalized spacial score (nSPS) is 15.2. The van der Waals surface area contributed by atoms with E-state index in [-0.39, 0.29) is 11.5 Å². The minimum atomic E-state index is -0.146. The number of hydrogen-bond donors (Lipinski definition) is 0. The van der Waals surface area contributed by atoms with Gasteiger partial charge in [-0.2, -0.15) is 0 Å². The Kier molecular flexibility index (Phi) is 5.36. The maximum absolute atomic E-state index is 12.8. The minimum absolute atomic E-state index is 0.140. The molecule has 0 radical (unpaired) electrons. The first-order chi connectivity index (χ1) is 12.1. The molecule has 1 aliphatic heterocycles. The van der Waals surface area contributed by atoms with Crippen LogP contribution < -0.4 is 10.5 Å². The zero-order chi connectivity index (χ0) is 17.8. The fraction of sp³-hybridized carbons (Fsp3) is 0.526. The Labute approximate surface area is 148 Å². The van der Waals surface area contributed by atoms with E-state index < -0.39 is 0 Å². The zero-order valence-corrected chi connectivity index (χ0v) is 15.1. The number of anilines is 1. The molecule has 0 bridgehead atoms. The number of carbonyl (C=O) groups excluding carboxylic acids is 1. The molecule has 0 spiro atoms. The Bertz CT molecular complexity index is 805. The standard InChI is InChI=1S/C19H26N4O2/c1-21(2)18-19(25)23(16-10-6-5-9-15(16)20-18)14-11-17(24)22-12-7-3-4-8-13-22/h5-6,9-10H,3-4,7-8,11-14H2,1-2H3. The summed E-state index contributed by atoms with van der Waals surface area (Å²) in [6.45, 7) is 2.07. The van der Waals surface area contributed by atoms with Crippen LogP contribution in [0.25, 0.3) is 11.0 Å². The van der Waals surface area contributed by atoms with Crippen LogP contribution in [0.4, 0.5) is 5.82 Å². The highest BCUT2D eigenvalue weighted by atomic mass is 16.2. The van der Waals surface area contributed by atoms with Crippen molar-refractivity contribution in [2.45, 2.75) is 38.6 Å². The predicted octanol–water partition coefficient (Wildman–Crippen LogP) is 2.26. The summed E-state index contributed by atoms with van der Waals surface area (Å²) in [5.74, 6) is 0.544. The Morgan fingerprint density at radius 1 is 1.12 bits per heavy atom. The van der Waals surface area contributed by atoms with Crippen molar-refractivity contribution in [3.05, 3.63) is 34.6 Å². The lowest BCUT2D eigenvalue weighted by Gasteiger charge is -2.21. The van der Waals surface area contributed by atoms with Gasteiger partial charge in [-0.3, -0.25) is 9.59 Å². The van der Waals surface area contributed by atoms with Crippen molar-refractivity contribution in [3.8, 4) is 0 Å². The fourth-order valence-electron chi connectivity index (χ4n) is 3.38.